The van der Waals surface area contributed by atoms with Gasteiger partial charge in [0.05, 0.1) is 17.7 Å². The molecule has 1 fully saturated rings. The lowest BCUT2D eigenvalue weighted by Crippen LogP contribution is -2.46. The van der Waals surface area contributed by atoms with Crippen LogP contribution in [0, 0.1) is 18.3 Å². The fourth-order valence-electron chi connectivity index (χ4n) is 3.63. The van der Waals surface area contributed by atoms with Crippen LogP contribution in [0.15, 0.2) is 53.1 Å². The molecule has 148 valence electrons. The van der Waals surface area contributed by atoms with E-state index in [-0.39, 0.29) is 6.04 Å². The molecule has 1 saturated heterocycles. The predicted molar refractivity (Wildman–Crippen MR) is 111 cm³/mol. The molecule has 29 heavy (non-hydrogen) atoms. The number of hydrogen-bond donors (Lipinski definition) is 0. The van der Waals surface area contributed by atoms with Gasteiger partial charge in [0.2, 0.25) is 11.7 Å². The van der Waals surface area contributed by atoms with E-state index in [0.717, 1.165) is 38.3 Å². The number of rotatable bonds is 5. The van der Waals surface area contributed by atoms with Gasteiger partial charge in [0.1, 0.15) is 0 Å². The van der Waals surface area contributed by atoms with Gasteiger partial charge in [0, 0.05) is 38.3 Å². The van der Waals surface area contributed by atoms with Crippen LogP contribution in [0.25, 0.3) is 11.4 Å². The van der Waals surface area contributed by atoms with Crippen LogP contribution in [-0.4, -0.2) is 46.1 Å². The summed E-state index contributed by atoms with van der Waals surface area (Å²) in [4.78, 5) is 9.46. The van der Waals surface area contributed by atoms with E-state index in [0.29, 0.717) is 17.3 Å². The zero-order valence-corrected chi connectivity index (χ0v) is 16.9. The third-order valence-corrected chi connectivity index (χ3v) is 5.55. The first-order valence-electron chi connectivity index (χ1n) is 9.98. The van der Waals surface area contributed by atoms with Crippen molar-refractivity contribution in [1.29, 1.82) is 5.26 Å². The molecule has 2 heterocycles. The summed E-state index contributed by atoms with van der Waals surface area (Å²) in [6.07, 6.45) is 0. The molecule has 4 rings (SSSR count). The maximum absolute atomic E-state index is 8.92. The standard InChI is InChI=1S/C23H25N5O/c1-17-3-9-21(10-4-17)22-25-23(29-26-22)18(2)28-13-11-27(12-14-28)16-20-7-5-19(15-24)6-8-20/h3-10,18H,11-14,16H2,1-2H3. The van der Waals surface area contributed by atoms with E-state index in [1.165, 1.54) is 11.1 Å². The van der Waals surface area contributed by atoms with Crippen LogP contribution in [-0.2, 0) is 6.54 Å². The van der Waals surface area contributed by atoms with E-state index >= 15 is 0 Å². The van der Waals surface area contributed by atoms with E-state index in [9.17, 15) is 0 Å². The van der Waals surface area contributed by atoms with Gasteiger partial charge in [-0.05, 0) is 31.5 Å². The Morgan fingerprint density at radius 2 is 1.72 bits per heavy atom. The fraction of sp³-hybridized carbons (Fsp3) is 0.348. The lowest BCUT2D eigenvalue weighted by atomic mass is 10.1. The minimum atomic E-state index is 0.0961. The van der Waals surface area contributed by atoms with Crippen molar-refractivity contribution in [3.8, 4) is 17.5 Å². The molecule has 1 atom stereocenters. The van der Waals surface area contributed by atoms with Gasteiger partial charge >= 0.3 is 0 Å². The molecule has 1 aromatic heterocycles. The van der Waals surface area contributed by atoms with Crippen molar-refractivity contribution >= 4 is 0 Å². The highest BCUT2D eigenvalue weighted by Gasteiger charge is 2.26. The molecule has 1 unspecified atom stereocenters. The zero-order chi connectivity index (χ0) is 20.2. The Balaban J connectivity index is 1.33. The van der Waals surface area contributed by atoms with Gasteiger partial charge in [-0.3, -0.25) is 9.80 Å². The van der Waals surface area contributed by atoms with Crippen LogP contribution < -0.4 is 0 Å². The van der Waals surface area contributed by atoms with Crippen molar-refractivity contribution < 1.29 is 4.52 Å². The van der Waals surface area contributed by atoms with E-state index < -0.39 is 0 Å². The number of aromatic nitrogens is 2. The summed E-state index contributed by atoms with van der Waals surface area (Å²) in [6, 6.07) is 18.3. The Kier molecular flexibility index (Phi) is 5.70. The minimum Gasteiger partial charge on any atom is -0.337 e. The second kappa shape index (κ2) is 8.56. The summed E-state index contributed by atoms with van der Waals surface area (Å²) in [5.41, 5.74) is 4.14. The van der Waals surface area contributed by atoms with Gasteiger partial charge < -0.3 is 4.52 Å². The number of benzene rings is 2. The van der Waals surface area contributed by atoms with Crippen molar-refractivity contribution in [3.63, 3.8) is 0 Å². The van der Waals surface area contributed by atoms with Crippen molar-refractivity contribution in [2.24, 2.45) is 0 Å². The quantitative estimate of drug-likeness (QED) is 0.663. The van der Waals surface area contributed by atoms with Crippen molar-refractivity contribution in [2.75, 3.05) is 26.2 Å². The molecule has 0 bridgehead atoms. The first-order valence-corrected chi connectivity index (χ1v) is 9.98. The van der Waals surface area contributed by atoms with E-state index in [1.807, 2.05) is 36.4 Å². The minimum absolute atomic E-state index is 0.0961. The molecule has 0 radical (unpaired) electrons. The first-order chi connectivity index (χ1) is 14.1. The number of aryl methyl sites for hydroxylation is 1. The Hall–Kier alpha value is -3.01. The summed E-state index contributed by atoms with van der Waals surface area (Å²) >= 11 is 0. The van der Waals surface area contributed by atoms with Crippen LogP contribution in [0.5, 0.6) is 0 Å². The second-order valence-corrected chi connectivity index (χ2v) is 7.62. The molecule has 1 aliphatic rings. The smallest absolute Gasteiger partial charge is 0.244 e. The number of piperazine rings is 1. The maximum Gasteiger partial charge on any atom is 0.244 e. The van der Waals surface area contributed by atoms with Gasteiger partial charge in [-0.2, -0.15) is 10.2 Å². The summed E-state index contributed by atoms with van der Waals surface area (Å²) < 4.78 is 5.57. The molecule has 6 nitrogen and oxygen atoms in total. The normalized spacial score (nSPS) is 16.4. The number of nitriles is 1. The summed E-state index contributed by atoms with van der Waals surface area (Å²) in [7, 11) is 0. The van der Waals surface area contributed by atoms with Crippen LogP contribution in [0.3, 0.4) is 0 Å². The molecule has 1 aliphatic heterocycles. The maximum atomic E-state index is 8.92. The highest BCUT2D eigenvalue weighted by molar-refractivity contribution is 5.54. The monoisotopic (exact) mass is 387 g/mol. The van der Waals surface area contributed by atoms with Crippen LogP contribution in [0.2, 0.25) is 0 Å². The fourth-order valence-corrected chi connectivity index (χ4v) is 3.63. The van der Waals surface area contributed by atoms with Crippen LogP contribution in [0.1, 0.15) is 35.5 Å². The molecule has 0 saturated carbocycles. The van der Waals surface area contributed by atoms with Crippen LogP contribution >= 0.6 is 0 Å². The van der Waals surface area contributed by atoms with Crippen molar-refractivity contribution in [2.45, 2.75) is 26.4 Å². The topological polar surface area (TPSA) is 69.2 Å². The summed E-state index contributed by atoms with van der Waals surface area (Å²) in [5.74, 6) is 1.31. The van der Waals surface area contributed by atoms with Crippen LogP contribution in [0.4, 0.5) is 0 Å². The van der Waals surface area contributed by atoms with Crippen molar-refractivity contribution in [3.05, 3.63) is 71.1 Å². The van der Waals surface area contributed by atoms with Gasteiger partial charge in [-0.1, -0.05) is 47.1 Å². The van der Waals surface area contributed by atoms with Gasteiger partial charge in [-0.15, -0.1) is 0 Å². The van der Waals surface area contributed by atoms with E-state index in [4.69, 9.17) is 9.78 Å². The molecular weight excluding hydrogens is 362 g/mol. The molecule has 6 heteroatoms. The third kappa shape index (κ3) is 4.53. The molecule has 0 amide bonds. The molecule has 3 aromatic rings. The highest BCUT2D eigenvalue weighted by atomic mass is 16.5. The Morgan fingerprint density at radius 1 is 1.03 bits per heavy atom. The van der Waals surface area contributed by atoms with Gasteiger partial charge in [0.25, 0.3) is 0 Å². The number of hydrogen-bond acceptors (Lipinski definition) is 6. The van der Waals surface area contributed by atoms with Gasteiger partial charge in [0.15, 0.2) is 0 Å². The number of nitrogens with zero attached hydrogens (tertiary/aromatic N) is 5. The summed E-state index contributed by atoms with van der Waals surface area (Å²) in [5, 5.41) is 13.1. The summed E-state index contributed by atoms with van der Waals surface area (Å²) in [6.45, 7) is 9.00. The third-order valence-electron chi connectivity index (χ3n) is 5.55. The predicted octanol–water partition coefficient (Wildman–Crippen LogP) is 3.80. The highest BCUT2D eigenvalue weighted by Crippen LogP contribution is 2.24. The molecule has 0 spiro atoms. The van der Waals surface area contributed by atoms with E-state index in [2.05, 4.69) is 52.0 Å². The van der Waals surface area contributed by atoms with Gasteiger partial charge in [-0.25, -0.2) is 0 Å². The van der Waals surface area contributed by atoms with Crippen molar-refractivity contribution in [1.82, 2.24) is 19.9 Å². The zero-order valence-electron chi connectivity index (χ0n) is 16.9. The Labute approximate surface area is 171 Å². The molecule has 0 N–H and O–H groups in total. The molecular formula is C23H25N5O. The average Bonchev–Trinajstić information content (AvgIpc) is 3.25. The first kappa shape index (κ1) is 19.3. The molecule has 0 aliphatic carbocycles. The van der Waals surface area contributed by atoms with E-state index in [1.54, 1.807) is 0 Å². The second-order valence-electron chi connectivity index (χ2n) is 7.62. The SMILES string of the molecule is Cc1ccc(-c2noc(C(C)N3CCN(Cc4ccc(C#N)cc4)CC3)n2)cc1. The Bertz CT molecular complexity index is 979. The largest absolute Gasteiger partial charge is 0.337 e. The Morgan fingerprint density at radius 3 is 2.38 bits per heavy atom. The lowest BCUT2D eigenvalue weighted by molar-refractivity contribution is 0.0845. The average molecular weight is 387 g/mol. The molecule has 2 aromatic carbocycles. The lowest BCUT2D eigenvalue weighted by Gasteiger charge is -2.36.